The van der Waals surface area contributed by atoms with Gasteiger partial charge in [-0.25, -0.2) is 0 Å². The summed E-state index contributed by atoms with van der Waals surface area (Å²) in [6.07, 6.45) is 2.87. The van der Waals surface area contributed by atoms with Crippen molar-refractivity contribution in [3.8, 4) is 34.1 Å². The van der Waals surface area contributed by atoms with Crippen LogP contribution < -0.4 is 9.47 Å². The zero-order chi connectivity index (χ0) is 16.4. The second-order valence-corrected chi connectivity index (χ2v) is 5.97. The van der Waals surface area contributed by atoms with Crippen LogP contribution in [0.4, 0.5) is 0 Å². The Balaban J connectivity index is 2.28. The van der Waals surface area contributed by atoms with Gasteiger partial charge in [0.2, 0.25) is 0 Å². The summed E-state index contributed by atoms with van der Waals surface area (Å²) in [6, 6.07) is 7.32. The summed E-state index contributed by atoms with van der Waals surface area (Å²) in [4.78, 5) is 0. The molecule has 0 fully saturated rings. The molecule has 1 aliphatic heterocycles. The van der Waals surface area contributed by atoms with Crippen molar-refractivity contribution >= 4 is 0 Å². The molecule has 122 valence electrons. The van der Waals surface area contributed by atoms with Gasteiger partial charge in [-0.1, -0.05) is 12.1 Å². The lowest BCUT2D eigenvalue weighted by Gasteiger charge is -2.18. The standard InChI is InChI=1S/C19H22O4/c1-12-6-8-14-16(18(12)20)17-15(9-7-13(2)19(17)21)23-11-5-3-4-10-22-14/h6-9,20-21H,3-5,10-11H2,1-2H3. The topological polar surface area (TPSA) is 58.9 Å². The predicted octanol–water partition coefficient (Wildman–Crippen LogP) is 4.32. The largest absolute Gasteiger partial charge is 0.507 e. The maximum absolute atomic E-state index is 10.6. The molecule has 0 radical (unpaired) electrons. The molecule has 2 aromatic carbocycles. The SMILES string of the molecule is Cc1ccc2c(c1O)-c1c(ccc(C)c1O)OCCCCCO2. The van der Waals surface area contributed by atoms with Crippen LogP contribution in [0.5, 0.6) is 23.0 Å². The Bertz CT molecular complexity index is 660. The van der Waals surface area contributed by atoms with Crippen molar-refractivity contribution in [2.75, 3.05) is 13.2 Å². The van der Waals surface area contributed by atoms with E-state index < -0.39 is 0 Å². The monoisotopic (exact) mass is 314 g/mol. The Morgan fingerprint density at radius 2 is 1.13 bits per heavy atom. The third kappa shape index (κ3) is 2.93. The highest BCUT2D eigenvalue weighted by atomic mass is 16.5. The van der Waals surface area contributed by atoms with Crippen molar-refractivity contribution in [1.82, 2.24) is 0 Å². The summed E-state index contributed by atoms with van der Waals surface area (Å²) in [5, 5.41) is 21.2. The van der Waals surface area contributed by atoms with Crippen molar-refractivity contribution in [1.29, 1.82) is 0 Å². The molecule has 0 saturated carbocycles. The van der Waals surface area contributed by atoms with E-state index in [2.05, 4.69) is 0 Å². The fraction of sp³-hybridized carbons (Fsp3) is 0.368. The van der Waals surface area contributed by atoms with E-state index in [0.717, 1.165) is 30.4 Å². The number of fused-ring (bicyclic) bond motifs is 3. The molecule has 2 aromatic rings. The minimum atomic E-state index is 0.118. The van der Waals surface area contributed by atoms with Crippen molar-refractivity contribution < 1.29 is 19.7 Å². The van der Waals surface area contributed by atoms with Gasteiger partial charge in [-0.3, -0.25) is 0 Å². The number of ether oxygens (including phenoxy) is 2. The maximum Gasteiger partial charge on any atom is 0.131 e. The average Bonchev–Trinajstić information content (AvgIpc) is 2.58. The summed E-state index contributed by atoms with van der Waals surface area (Å²) in [5.74, 6) is 1.38. The fourth-order valence-electron chi connectivity index (χ4n) is 2.82. The van der Waals surface area contributed by atoms with E-state index in [1.807, 2.05) is 38.1 Å². The highest BCUT2D eigenvalue weighted by Crippen LogP contribution is 2.49. The van der Waals surface area contributed by atoms with Gasteiger partial charge in [0.05, 0.1) is 24.3 Å². The minimum Gasteiger partial charge on any atom is -0.507 e. The van der Waals surface area contributed by atoms with Crippen LogP contribution in [0.1, 0.15) is 30.4 Å². The molecule has 0 bridgehead atoms. The van der Waals surface area contributed by atoms with Crippen LogP contribution in [0.3, 0.4) is 0 Å². The third-order valence-electron chi connectivity index (χ3n) is 4.24. The van der Waals surface area contributed by atoms with Gasteiger partial charge in [0.15, 0.2) is 0 Å². The molecule has 0 aliphatic carbocycles. The molecule has 4 heteroatoms. The zero-order valence-corrected chi connectivity index (χ0v) is 13.6. The maximum atomic E-state index is 10.6. The van der Waals surface area contributed by atoms with E-state index in [1.54, 1.807) is 0 Å². The molecule has 0 aromatic heterocycles. The van der Waals surface area contributed by atoms with Gasteiger partial charge >= 0.3 is 0 Å². The van der Waals surface area contributed by atoms with E-state index in [1.165, 1.54) is 0 Å². The van der Waals surface area contributed by atoms with Gasteiger partial charge in [-0.2, -0.15) is 0 Å². The van der Waals surface area contributed by atoms with Crippen LogP contribution in [-0.2, 0) is 0 Å². The van der Waals surface area contributed by atoms with E-state index in [4.69, 9.17) is 9.47 Å². The molecular weight excluding hydrogens is 292 g/mol. The first kappa shape index (κ1) is 15.5. The molecule has 0 saturated heterocycles. The molecule has 1 aliphatic rings. The van der Waals surface area contributed by atoms with Crippen molar-refractivity contribution in [3.05, 3.63) is 35.4 Å². The van der Waals surface area contributed by atoms with E-state index in [9.17, 15) is 10.2 Å². The number of hydrogen-bond acceptors (Lipinski definition) is 4. The molecule has 23 heavy (non-hydrogen) atoms. The molecule has 3 rings (SSSR count). The first-order valence-corrected chi connectivity index (χ1v) is 8.00. The number of rotatable bonds is 0. The van der Waals surface area contributed by atoms with Gasteiger partial charge in [-0.15, -0.1) is 0 Å². The Labute approximate surface area is 136 Å². The molecule has 0 atom stereocenters. The Morgan fingerprint density at radius 3 is 1.57 bits per heavy atom. The van der Waals surface area contributed by atoms with E-state index in [0.29, 0.717) is 35.8 Å². The Kier molecular flexibility index (Phi) is 4.33. The van der Waals surface area contributed by atoms with Gasteiger partial charge < -0.3 is 19.7 Å². The molecule has 0 amide bonds. The fourth-order valence-corrected chi connectivity index (χ4v) is 2.82. The number of phenolic OH excluding ortho intramolecular Hbond substituents is 2. The number of hydrogen-bond donors (Lipinski definition) is 2. The normalized spacial score (nSPS) is 14.7. The van der Waals surface area contributed by atoms with Crippen LogP contribution in [0.2, 0.25) is 0 Å². The minimum absolute atomic E-state index is 0.118. The van der Waals surface area contributed by atoms with E-state index in [-0.39, 0.29) is 11.5 Å². The highest BCUT2D eigenvalue weighted by molar-refractivity contribution is 5.86. The smallest absolute Gasteiger partial charge is 0.131 e. The van der Waals surface area contributed by atoms with Crippen molar-refractivity contribution in [2.24, 2.45) is 0 Å². The quantitative estimate of drug-likeness (QED) is 0.760. The molecular formula is C19H22O4. The van der Waals surface area contributed by atoms with Crippen LogP contribution in [0, 0.1) is 13.8 Å². The second kappa shape index (κ2) is 6.41. The Hall–Kier alpha value is -2.36. The van der Waals surface area contributed by atoms with Gasteiger partial charge in [-0.05, 0) is 56.4 Å². The zero-order valence-electron chi connectivity index (χ0n) is 13.6. The summed E-state index contributed by atoms with van der Waals surface area (Å²) in [6.45, 7) is 4.82. The molecule has 2 N–H and O–H groups in total. The van der Waals surface area contributed by atoms with Gasteiger partial charge in [0, 0.05) is 0 Å². The summed E-state index contributed by atoms with van der Waals surface area (Å²) in [5.41, 5.74) is 2.47. The number of aryl methyl sites for hydroxylation is 2. The van der Waals surface area contributed by atoms with Crippen molar-refractivity contribution in [3.63, 3.8) is 0 Å². The van der Waals surface area contributed by atoms with Crippen LogP contribution in [-0.4, -0.2) is 23.4 Å². The van der Waals surface area contributed by atoms with Crippen LogP contribution in [0.25, 0.3) is 11.1 Å². The van der Waals surface area contributed by atoms with E-state index >= 15 is 0 Å². The second-order valence-electron chi connectivity index (χ2n) is 5.97. The molecule has 4 nitrogen and oxygen atoms in total. The summed E-state index contributed by atoms with van der Waals surface area (Å²) < 4.78 is 11.8. The lowest BCUT2D eigenvalue weighted by atomic mass is 9.96. The summed E-state index contributed by atoms with van der Waals surface area (Å²) >= 11 is 0. The summed E-state index contributed by atoms with van der Waals surface area (Å²) in [7, 11) is 0. The first-order valence-electron chi connectivity index (χ1n) is 8.00. The predicted molar refractivity (Wildman–Crippen MR) is 89.5 cm³/mol. The Morgan fingerprint density at radius 1 is 0.696 bits per heavy atom. The van der Waals surface area contributed by atoms with Crippen molar-refractivity contribution in [2.45, 2.75) is 33.1 Å². The number of phenols is 2. The van der Waals surface area contributed by atoms with Gasteiger partial charge in [0.1, 0.15) is 23.0 Å². The lowest BCUT2D eigenvalue weighted by Crippen LogP contribution is -1.99. The number of benzene rings is 2. The highest BCUT2D eigenvalue weighted by Gasteiger charge is 2.23. The first-order chi connectivity index (χ1) is 11.1. The van der Waals surface area contributed by atoms with Crippen LogP contribution >= 0.6 is 0 Å². The average molecular weight is 314 g/mol. The third-order valence-corrected chi connectivity index (χ3v) is 4.24. The molecule has 1 heterocycles. The molecule has 0 unspecified atom stereocenters. The van der Waals surface area contributed by atoms with Gasteiger partial charge in [0.25, 0.3) is 0 Å². The number of aromatic hydroxyl groups is 2. The molecule has 0 spiro atoms. The van der Waals surface area contributed by atoms with Crippen LogP contribution in [0.15, 0.2) is 24.3 Å². The lowest BCUT2D eigenvalue weighted by molar-refractivity contribution is 0.284.